The maximum atomic E-state index is 13.4. The number of nitrogens with zero attached hydrogens (tertiary/aromatic N) is 2. The molecule has 102 valence electrons. The summed E-state index contributed by atoms with van der Waals surface area (Å²) in [5.74, 6) is 5.36. The minimum atomic E-state index is -0.226. The van der Waals surface area contributed by atoms with Crippen molar-refractivity contribution < 1.29 is 4.39 Å². The smallest absolute Gasteiger partial charge is 0.123 e. The van der Waals surface area contributed by atoms with Crippen LogP contribution >= 0.6 is 0 Å². The normalized spacial score (nSPS) is 12.6. The zero-order chi connectivity index (χ0) is 13.8. The molecule has 0 spiro atoms. The van der Waals surface area contributed by atoms with Crippen molar-refractivity contribution in [3.8, 4) is 0 Å². The second kappa shape index (κ2) is 5.95. The summed E-state index contributed by atoms with van der Waals surface area (Å²) >= 11 is 0. The Morgan fingerprint density at radius 2 is 2.21 bits per heavy atom. The van der Waals surface area contributed by atoms with Crippen molar-refractivity contribution in [2.45, 2.75) is 25.8 Å². The Hall–Kier alpha value is -1.72. The van der Waals surface area contributed by atoms with Crippen molar-refractivity contribution in [1.29, 1.82) is 0 Å². The molecular weight excluding hydrogens is 243 g/mol. The zero-order valence-corrected chi connectivity index (χ0v) is 11.2. The molecule has 0 fully saturated rings. The molecule has 4 nitrogen and oxygen atoms in total. The van der Waals surface area contributed by atoms with Crippen LogP contribution in [-0.2, 0) is 13.5 Å². The van der Waals surface area contributed by atoms with E-state index in [0.717, 1.165) is 29.7 Å². The second-order valence-electron chi connectivity index (χ2n) is 4.77. The van der Waals surface area contributed by atoms with Gasteiger partial charge >= 0.3 is 0 Å². The van der Waals surface area contributed by atoms with E-state index in [0.29, 0.717) is 0 Å². The van der Waals surface area contributed by atoms with Crippen molar-refractivity contribution in [2.75, 3.05) is 0 Å². The fraction of sp³-hybridized carbons (Fsp3) is 0.357. The third kappa shape index (κ3) is 3.39. The number of hydrogen-bond donors (Lipinski definition) is 2. The minimum Gasteiger partial charge on any atom is -0.273 e. The quantitative estimate of drug-likeness (QED) is 0.640. The van der Waals surface area contributed by atoms with E-state index in [9.17, 15) is 4.39 Å². The molecule has 2 rings (SSSR count). The van der Waals surface area contributed by atoms with Crippen LogP contribution in [0.3, 0.4) is 0 Å². The summed E-state index contributed by atoms with van der Waals surface area (Å²) in [6.07, 6.45) is 3.40. The summed E-state index contributed by atoms with van der Waals surface area (Å²) in [6.45, 7) is 1.88. The van der Waals surface area contributed by atoms with Gasteiger partial charge in [0.15, 0.2) is 0 Å². The van der Waals surface area contributed by atoms with Crippen LogP contribution in [0.25, 0.3) is 0 Å². The number of aryl methyl sites for hydroxylation is 3. The van der Waals surface area contributed by atoms with Gasteiger partial charge in [-0.3, -0.25) is 16.0 Å². The van der Waals surface area contributed by atoms with Crippen LogP contribution in [0.2, 0.25) is 0 Å². The highest BCUT2D eigenvalue weighted by Crippen LogP contribution is 2.20. The Kier molecular flexibility index (Phi) is 4.29. The Morgan fingerprint density at radius 3 is 2.79 bits per heavy atom. The maximum Gasteiger partial charge on any atom is 0.123 e. The lowest BCUT2D eigenvalue weighted by Crippen LogP contribution is -2.28. The summed E-state index contributed by atoms with van der Waals surface area (Å²) in [4.78, 5) is 0. The second-order valence-corrected chi connectivity index (χ2v) is 4.77. The SMILES string of the molecule is Cc1cc(F)cc(C(CCc2ccnn2C)NN)c1. The number of rotatable bonds is 5. The van der Waals surface area contributed by atoms with Gasteiger partial charge in [-0.1, -0.05) is 6.07 Å². The molecule has 0 radical (unpaired) electrons. The zero-order valence-electron chi connectivity index (χ0n) is 11.2. The molecule has 1 aromatic carbocycles. The third-order valence-corrected chi connectivity index (χ3v) is 3.28. The van der Waals surface area contributed by atoms with Gasteiger partial charge in [0, 0.05) is 25.0 Å². The lowest BCUT2D eigenvalue weighted by atomic mass is 9.99. The summed E-state index contributed by atoms with van der Waals surface area (Å²) in [5.41, 5.74) is 5.67. The third-order valence-electron chi connectivity index (χ3n) is 3.28. The molecule has 1 aromatic heterocycles. The average molecular weight is 262 g/mol. The van der Waals surface area contributed by atoms with Gasteiger partial charge in [0.1, 0.15) is 5.82 Å². The summed E-state index contributed by atoms with van der Waals surface area (Å²) in [7, 11) is 1.91. The first-order chi connectivity index (χ1) is 9.10. The molecule has 1 atom stereocenters. The average Bonchev–Trinajstić information content (AvgIpc) is 2.75. The Bertz CT molecular complexity index is 530. The van der Waals surface area contributed by atoms with Gasteiger partial charge in [0.2, 0.25) is 0 Å². The van der Waals surface area contributed by atoms with Crippen molar-refractivity contribution in [3.05, 3.63) is 53.1 Å². The van der Waals surface area contributed by atoms with Gasteiger partial charge in [-0.25, -0.2) is 4.39 Å². The Labute approximate surface area is 112 Å². The first kappa shape index (κ1) is 13.7. The molecule has 0 aliphatic rings. The van der Waals surface area contributed by atoms with E-state index in [1.54, 1.807) is 6.20 Å². The summed E-state index contributed by atoms with van der Waals surface area (Å²) in [6, 6.07) is 6.91. The van der Waals surface area contributed by atoms with Gasteiger partial charge < -0.3 is 0 Å². The monoisotopic (exact) mass is 262 g/mol. The largest absolute Gasteiger partial charge is 0.273 e. The molecule has 0 aliphatic carbocycles. The number of benzene rings is 1. The maximum absolute atomic E-state index is 13.4. The highest BCUT2D eigenvalue weighted by Gasteiger charge is 2.12. The Balaban J connectivity index is 2.09. The van der Waals surface area contributed by atoms with E-state index in [2.05, 4.69) is 10.5 Å². The summed E-state index contributed by atoms with van der Waals surface area (Å²) < 4.78 is 15.3. The lowest BCUT2D eigenvalue weighted by molar-refractivity contribution is 0.502. The van der Waals surface area contributed by atoms with Crippen molar-refractivity contribution in [1.82, 2.24) is 15.2 Å². The van der Waals surface area contributed by atoms with E-state index in [-0.39, 0.29) is 11.9 Å². The molecule has 0 amide bonds. The van der Waals surface area contributed by atoms with Crippen LogP contribution in [0.5, 0.6) is 0 Å². The van der Waals surface area contributed by atoms with Crippen LogP contribution in [0.1, 0.15) is 29.3 Å². The van der Waals surface area contributed by atoms with Crippen LogP contribution in [0.4, 0.5) is 4.39 Å². The minimum absolute atomic E-state index is 0.0655. The summed E-state index contributed by atoms with van der Waals surface area (Å²) in [5, 5.41) is 4.13. The molecule has 0 saturated heterocycles. The highest BCUT2D eigenvalue weighted by atomic mass is 19.1. The number of hydrogen-bond acceptors (Lipinski definition) is 3. The van der Waals surface area contributed by atoms with E-state index < -0.39 is 0 Å². The lowest BCUT2D eigenvalue weighted by Gasteiger charge is -2.17. The molecule has 3 N–H and O–H groups in total. The standard InChI is InChI=1S/C14H19FN4/c1-10-7-11(9-12(15)8-10)14(18-16)4-3-13-5-6-17-19(13)2/h5-9,14,18H,3-4,16H2,1-2H3. The first-order valence-electron chi connectivity index (χ1n) is 6.30. The number of nitrogens with one attached hydrogen (secondary N) is 1. The van der Waals surface area contributed by atoms with Crippen molar-refractivity contribution in [3.63, 3.8) is 0 Å². The van der Waals surface area contributed by atoms with Gasteiger partial charge in [0.25, 0.3) is 0 Å². The highest BCUT2D eigenvalue weighted by molar-refractivity contribution is 5.26. The van der Waals surface area contributed by atoms with E-state index in [1.807, 2.05) is 30.8 Å². The van der Waals surface area contributed by atoms with E-state index in [4.69, 9.17) is 5.84 Å². The number of nitrogens with two attached hydrogens (primary N) is 1. The van der Waals surface area contributed by atoms with Gasteiger partial charge in [0.05, 0.1) is 0 Å². The first-order valence-corrected chi connectivity index (χ1v) is 6.30. The van der Waals surface area contributed by atoms with Gasteiger partial charge in [-0.05, 0) is 49.1 Å². The molecule has 0 aliphatic heterocycles. The molecular formula is C14H19FN4. The van der Waals surface area contributed by atoms with E-state index >= 15 is 0 Å². The molecule has 1 heterocycles. The number of aromatic nitrogens is 2. The van der Waals surface area contributed by atoms with Crippen LogP contribution in [-0.4, -0.2) is 9.78 Å². The van der Waals surface area contributed by atoms with Crippen LogP contribution < -0.4 is 11.3 Å². The fourth-order valence-electron chi connectivity index (χ4n) is 2.25. The predicted octanol–water partition coefficient (Wildman–Crippen LogP) is 2.00. The number of hydrazine groups is 1. The predicted molar refractivity (Wildman–Crippen MR) is 72.7 cm³/mol. The van der Waals surface area contributed by atoms with E-state index in [1.165, 1.54) is 12.1 Å². The van der Waals surface area contributed by atoms with Crippen LogP contribution in [0, 0.1) is 12.7 Å². The number of halogens is 1. The topological polar surface area (TPSA) is 55.9 Å². The molecule has 0 bridgehead atoms. The van der Waals surface area contributed by atoms with Crippen molar-refractivity contribution in [2.24, 2.45) is 12.9 Å². The molecule has 19 heavy (non-hydrogen) atoms. The van der Waals surface area contributed by atoms with Crippen molar-refractivity contribution >= 4 is 0 Å². The molecule has 1 unspecified atom stereocenters. The molecule has 5 heteroatoms. The van der Waals surface area contributed by atoms with Gasteiger partial charge in [-0.15, -0.1) is 0 Å². The molecule has 0 saturated carbocycles. The fourth-order valence-corrected chi connectivity index (χ4v) is 2.25. The van der Waals surface area contributed by atoms with Crippen LogP contribution in [0.15, 0.2) is 30.5 Å². The Morgan fingerprint density at radius 1 is 1.42 bits per heavy atom. The molecule has 2 aromatic rings. The van der Waals surface area contributed by atoms with Gasteiger partial charge in [-0.2, -0.15) is 5.10 Å².